The average Bonchev–Trinajstić information content (AvgIpc) is 3.45. The zero-order valence-electron chi connectivity index (χ0n) is 17.7. The number of nitrogens with one attached hydrogen (secondary N) is 1. The highest BCUT2D eigenvalue weighted by Crippen LogP contribution is 2.40. The van der Waals surface area contributed by atoms with Gasteiger partial charge in [-0.25, -0.2) is 4.98 Å². The first-order valence-electron chi connectivity index (χ1n) is 10.6. The first-order chi connectivity index (χ1) is 15.0. The molecule has 4 heterocycles. The Bertz CT molecular complexity index is 1040. The molecule has 3 aromatic heterocycles. The maximum absolute atomic E-state index is 10.7. The molecule has 31 heavy (non-hydrogen) atoms. The number of hydrogen-bond acceptors (Lipinski definition) is 9. The Morgan fingerprint density at radius 3 is 2.68 bits per heavy atom. The van der Waals surface area contributed by atoms with Crippen molar-refractivity contribution in [3.8, 4) is 0 Å². The van der Waals surface area contributed by atoms with Crippen LogP contribution >= 0.6 is 11.6 Å². The van der Waals surface area contributed by atoms with E-state index in [-0.39, 0.29) is 11.3 Å². The Labute approximate surface area is 184 Å². The normalized spacial score (nSPS) is 23.8. The Morgan fingerprint density at radius 2 is 1.97 bits per heavy atom. The monoisotopic (exact) mass is 450 g/mol. The first kappa shape index (κ1) is 21.9. The van der Waals surface area contributed by atoms with E-state index in [0.29, 0.717) is 22.7 Å². The summed E-state index contributed by atoms with van der Waals surface area (Å²) >= 11 is 6.17. The topological polar surface area (TPSA) is 131 Å². The predicted octanol–water partition coefficient (Wildman–Crippen LogP) is 3.01. The van der Waals surface area contributed by atoms with Gasteiger partial charge >= 0.3 is 0 Å². The number of fused-ring (bicyclic) bond motifs is 1. The quantitative estimate of drug-likeness (QED) is 0.443. The lowest BCUT2D eigenvalue weighted by Crippen LogP contribution is -2.29. The average molecular weight is 451 g/mol. The van der Waals surface area contributed by atoms with E-state index in [0.717, 1.165) is 31.4 Å². The van der Waals surface area contributed by atoms with Crippen molar-refractivity contribution in [1.82, 2.24) is 24.7 Å². The van der Waals surface area contributed by atoms with Gasteiger partial charge < -0.3 is 24.8 Å². The van der Waals surface area contributed by atoms with Gasteiger partial charge in [0.05, 0.1) is 12.0 Å². The van der Waals surface area contributed by atoms with Crippen molar-refractivity contribution in [2.45, 2.75) is 77.0 Å². The van der Waals surface area contributed by atoms with Crippen molar-refractivity contribution in [2.75, 3.05) is 5.32 Å². The highest BCUT2D eigenvalue weighted by molar-refractivity contribution is 6.28. The fraction of sp³-hybridized carbons (Fsp3) is 0.600. The number of aromatic nitrogens is 5. The molecule has 0 amide bonds. The van der Waals surface area contributed by atoms with Crippen LogP contribution in [0.2, 0.25) is 5.28 Å². The van der Waals surface area contributed by atoms with Gasteiger partial charge in [-0.15, -0.1) is 0 Å². The van der Waals surface area contributed by atoms with Crippen molar-refractivity contribution in [2.24, 2.45) is 0 Å². The van der Waals surface area contributed by atoms with Gasteiger partial charge in [0.2, 0.25) is 5.28 Å². The molecule has 0 spiro atoms. The van der Waals surface area contributed by atoms with Crippen LogP contribution in [0.4, 0.5) is 5.82 Å². The Balaban J connectivity index is 1.66. The van der Waals surface area contributed by atoms with E-state index < -0.39 is 24.5 Å². The number of halogens is 1. The Morgan fingerprint density at radius 1 is 1.19 bits per heavy atom. The van der Waals surface area contributed by atoms with E-state index in [9.17, 15) is 10.2 Å². The highest BCUT2D eigenvalue weighted by atomic mass is 35.5. The van der Waals surface area contributed by atoms with Crippen LogP contribution in [0.3, 0.4) is 0 Å². The second-order valence-corrected chi connectivity index (χ2v) is 8.06. The third-order valence-electron chi connectivity index (χ3n) is 5.60. The molecule has 1 fully saturated rings. The van der Waals surface area contributed by atoms with Crippen LogP contribution in [0.15, 0.2) is 16.9 Å². The van der Waals surface area contributed by atoms with Crippen LogP contribution in [0.1, 0.15) is 63.8 Å². The zero-order chi connectivity index (χ0) is 22.1. The van der Waals surface area contributed by atoms with Gasteiger partial charge in [-0.1, -0.05) is 32.3 Å². The van der Waals surface area contributed by atoms with Crippen molar-refractivity contribution in [1.29, 1.82) is 0 Å². The summed E-state index contributed by atoms with van der Waals surface area (Å²) in [6.07, 6.45) is 0.764. The van der Waals surface area contributed by atoms with Gasteiger partial charge in [0, 0.05) is 12.1 Å². The molecule has 1 aliphatic rings. The maximum Gasteiger partial charge on any atom is 0.226 e. The highest BCUT2D eigenvalue weighted by Gasteiger charge is 2.47. The first-order valence-corrected chi connectivity index (χ1v) is 11.0. The third-order valence-corrected chi connectivity index (χ3v) is 5.77. The van der Waals surface area contributed by atoms with E-state index in [4.69, 9.17) is 20.9 Å². The molecule has 11 heteroatoms. The standard InChI is InChI=1S/C20H27ClN6O4/c1-4-7-11-8-12(31-26-11)16-14(28)15(29)19(30-16)27-9-22-13-17(23-10(5-2)6-3)24-20(21)25-18(13)27/h8-10,14-16,19,28-29H,4-7H2,1-3H3,(H,23,24,25)/t14-,15+,16+,19+/m0/s1. The summed E-state index contributed by atoms with van der Waals surface area (Å²) in [6.45, 7) is 6.21. The minimum atomic E-state index is -1.23. The fourth-order valence-corrected chi connectivity index (χ4v) is 3.99. The molecule has 168 valence electrons. The van der Waals surface area contributed by atoms with E-state index in [1.807, 2.05) is 6.92 Å². The van der Waals surface area contributed by atoms with Crippen molar-refractivity contribution < 1.29 is 19.5 Å². The van der Waals surface area contributed by atoms with Gasteiger partial charge in [0.15, 0.2) is 29.0 Å². The van der Waals surface area contributed by atoms with Crippen molar-refractivity contribution >= 4 is 28.6 Å². The van der Waals surface area contributed by atoms with E-state index in [2.05, 4.69) is 39.3 Å². The minimum Gasteiger partial charge on any atom is -0.387 e. The zero-order valence-corrected chi connectivity index (χ0v) is 18.5. The van der Waals surface area contributed by atoms with Crippen LogP contribution in [-0.4, -0.2) is 53.1 Å². The van der Waals surface area contributed by atoms with Crippen LogP contribution in [0.5, 0.6) is 0 Å². The second-order valence-electron chi connectivity index (χ2n) is 7.72. The maximum atomic E-state index is 10.7. The van der Waals surface area contributed by atoms with Crippen LogP contribution in [0.25, 0.3) is 11.2 Å². The summed E-state index contributed by atoms with van der Waals surface area (Å²) in [7, 11) is 0. The smallest absolute Gasteiger partial charge is 0.226 e. The van der Waals surface area contributed by atoms with Gasteiger partial charge in [-0.05, 0) is 30.9 Å². The molecule has 4 atom stereocenters. The molecule has 10 nitrogen and oxygen atoms in total. The Kier molecular flexibility index (Phi) is 6.42. The lowest BCUT2D eigenvalue weighted by Gasteiger charge is -2.18. The molecule has 0 saturated carbocycles. The number of imidazole rings is 1. The molecule has 1 aliphatic heterocycles. The molecule has 0 radical (unpaired) electrons. The molecular formula is C20H27ClN6O4. The SMILES string of the molecule is CCCc1cc([C@H]2O[C@@H](n3cnc4c(NC(CC)CC)nc(Cl)nc43)[C@H](O)[C@@H]2O)on1. The number of aryl methyl sites for hydroxylation is 1. The summed E-state index contributed by atoms with van der Waals surface area (Å²) in [5.41, 5.74) is 1.68. The molecule has 1 saturated heterocycles. The van der Waals surface area contributed by atoms with E-state index in [1.165, 1.54) is 6.33 Å². The Hall–Kier alpha value is -2.27. The summed E-state index contributed by atoms with van der Waals surface area (Å²) < 4.78 is 12.9. The molecular weight excluding hydrogens is 424 g/mol. The summed E-state index contributed by atoms with van der Waals surface area (Å²) in [5, 5.41) is 28.7. The van der Waals surface area contributed by atoms with Crippen LogP contribution in [0, 0.1) is 0 Å². The minimum absolute atomic E-state index is 0.0479. The molecule has 0 bridgehead atoms. The molecule has 0 aromatic carbocycles. The van der Waals surface area contributed by atoms with Gasteiger partial charge in [0.1, 0.15) is 18.3 Å². The van der Waals surface area contributed by atoms with Gasteiger partial charge in [-0.3, -0.25) is 4.57 Å². The number of aliphatic hydroxyl groups excluding tert-OH is 2. The molecule has 0 unspecified atom stereocenters. The summed E-state index contributed by atoms with van der Waals surface area (Å²) in [5.74, 6) is 0.886. The lowest BCUT2D eigenvalue weighted by molar-refractivity contribution is -0.0434. The number of ether oxygens (including phenoxy) is 1. The van der Waals surface area contributed by atoms with Crippen molar-refractivity contribution in [3.63, 3.8) is 0 Å². The van der Waals surface area contributed by atoms with Crippen LogP contribution < -0.4 is 5.32 Å². The number of aliphatic hydroxyl groups is 2. The summed E-state index contributed by atoms with van der Waals surface area (Å²) in [4.78, 5) is 13.0. The fourth-order valence-electron chi connectivity index (χ4n) is 3.82. The molecule has 0 aliphatic carbocycles. The second kappa shape index (κ2) is 9.07. The number of hydrogen-bond donors (Lipinski definition) is 3. The largest absolute Gasteiger partial charge is 0.387 e. The molecule has 4 rings (SSSR count). The van der Waals surface area contributed by atoms with E-state index in [1.54, 1.807) is 10.6 Å². The number of nitrogens with zero attached hydrogens (tertiary/aromatic N) is 5. The van der Waals surface area contributed by atoms with Gasteiger partial charge in [0.25, 0.3) is 0 Å². The van der Waals surface area contributed by atoms with Crippen molar-refractivity contribution in [3.05, 3.63) is 29.1 Å². The van der Waals surface area contributed by atoms with Gasteiger partial charge in [-0.2, -0.15) is 9.97 Å². The van der Waals surface area contributed by atoms with Crippen LogP contribution in [-0.2, 0) is 11.2 Å². The third kappa shape index (κ3) is 4.12. The number of anilines is 1. The lowest BCUT2D eigenvalue weighted by atomic mass is 10.1. The van der Waals surface area contributed by atoms with E-state index >= 15 is 0 Å². The molecule has 3 N–H and O–H groups in total. The predicted molar refractivity (Wildman–Crippen MR) is 114 cm³/mol. The summed E-state index contributed by atoms with van der Waals surface area (Å²) in [6, 6.07) is 1.96. The molecule has 3 aromatic rings. The number of rotatable bonds is 8.